The first kappa shape index (κ1) is 16.2. The predicted molar refractivity (Wildman–Crippen MR) is 88.2 cm³/mol. The molecule has 8 heteroatoms. The minimum atomic E-state index is -0.383. The molecule has 1 N–H and O–H groups in total. The minimum Gasteiger partial charge on any atom is -0.393 e. The van der Waals surface area contributed by atoms with Gasteiger partial charge in [0.05, 0.1) is 17.7 Å². The second-order valence-electron chi connectivity index (χ2n) is 6.73. The van der Waals surface area contributed by atoms with Gasteiger partial charge >= 0.3 is 0 Å². The number of ether oxygens (including phenoxy) is 1. The van der Waals surface area contributed by atoms with E-state index in [0.717, 1.165) is 19.3 Å². The highest BCUT2D eigenvalue weighted by Gasteiger charge is 2.52. The van der Waals surface area contributed by atoms with Gasteiger partial charge in [-0.1, -0.05) is 0 Å². The summed E-state index contributed by atoms with van der Waals surface area (Å²) in [6.45, 7) is 0.633. The zero-order valence-electron chi connectivity index (χ0n) is 14.1. The molecule has 1 saturated carbocycles. The molecule has 0 unspecified atom stereocenters. The fourth-order valence-electron chi connectivity index (χ4n) is 4.10. The van der Waals surface area contributed by atoms with Crippen molar-refractivity contribution in [1.29, 1.82) is 0 Å². The van der Waals surface area contributed by atoms with Gasteiger partial charge in [-0.25, -0.2) is 4.98 Å². The summed E-state index contributed by atoms with van der Waals surface area (Å²) in [6.07, 6.45) is 7.17. The molecule has 8 nitrogen and oxygen atoms in total. The summed E-state index contributed by atoms with van der Waals surface area (Å²) in [5.41, 5.74) is 0.226. The fraction of sp³-hybridized carbons (Fsp3) is 0.529. The average molecular weight is 343 g/mol. The lowest BCUT2D eigenvalue weighted by Crippen LogP contribution is -2.52. The third kappa shape index (κ3) is 2.71. The largest absolute Gasteiger partial charge is 0.393 e. The Labute approximate surface area is 145 Å². The summed E-state index contributed by atoms with van der Waals surface area (Å²) in [6, 6.07) is 3.35. The third-order valence-electron chi connectivity index (χ3n) is 5.50. The number of hydrogen-bond acceptors (Lipinski definition) is 6. The Morgan fingerprint density at radius 1 is 1.36 bits per heavy atom. The minimum absolute atomic E-state index is 0.0604. The maximum Gasteiger partial charge on any atom is 0.254 e. The Kier molecular flexibility index (Phi) is 4.01. The van der Waals surface area contributed by atoms with E-state index in [2.05, 4.69) is 15.2 Å². The molecule has 1 aliphatic carbocycles. The number of likely N-dealkylation sites (tertiary alicyclic amines) is 1. The normalized spacial score (nSPS) is 28.8. The van der Waals surface area contributed by atoms with Crippen molar-refractivity contribution < 1.29 is 14.6 Å². The number of hydrogen-bond donors (Lipinski definition) is 1. The van der Waals surface area contributed by atoms with Crippen LogP contribution in [0.25, 0.3) is 5.82 Å². The molecule has 2 aliphatic rings. The number of rotatable bonds is 3. The van der Waals surface area contributed by atoms with Crippen LogP contribution in [0.3, 0.4) is 0 Å². The number of carbonyl (C=O) groups is 1. The second-order valence-corrected chi connectivity index (χ2v) is 6.73. The van der Waals surface area contributed by atoms with Gasteiger partial charge in [0.25, 0.3) is 5.91 Å². The lowest BCUT2D eigenvalue weighted by atomic mass is 9.79. The highest BCUT2D eigenvalue weighted by molar-refractivity contribution is 5.95. The van der Waals surface area contributed by atoms with Gasteiger partial charge in [-0.2, -0.15) is 0 Å². The Bertz CT molecular complexity index is 765. The van der Waals surface area contributed by atoms with Gasteiger partial charge in [-0.3, -0.25) is 9.36 Å². The van der Waals surface area contributed by atoms with Crippen LogP contribution in [0, 0.1) is 0 Å². The van der Waals surface area contributed by atoms with Crippen LogP contribution in [0.2, 0.25) is 0 Å². The van der Waals surface area contributed by atoms with E-state index in [9.17, 15) is 9.90 Å². The van der Waals surface area contributed by atoms with Crippen molar-refractivity contribution in [3.63, 3.8) is 0 Å². The number of aliphatic hydroxyl groups is 1. The molecule has 3 atom stereocenters. The molecule has 1 saturated heterocycles. The molecule has 2 aromatic rings. The van der Waals surface area contributed by atoms with E-state index in [1.807, 2.05) is 4.90 Å². The first-order valence-corrected chi connectivity index (χ1v) is 8.48. The molecular formula is C17H21N5O3. The summed E-state index contributed by atoms with van der Waals surface area (Å²) in [4.78, 5) is 19.2. The highest BCUT2D eigenvalue weighted by Crippen LogP contribution is 2.42. The van der Waals surface area contributed by atoms with Gasteiger partial charge in [-0.15, -0.1) is 10.2 Å². The van der Waals surface area contributed by atoms with Crippen LogP contribution in [0.1, 0.15) is 36.0 Å². The molecule has 0 radical (unpaired) electrons. The smallest absolute Gasteiger partial charge is 0.254 e. The monoisotopic (exact) mass is 343 g/mol. The summed E-state index contributed by atoms with van der Waals surface area (Å²) in [5, 5.41) is 17.6. The lowest BCUT2D eigenvalue weighted by molar-refractivity contribution is -0.0824. The quantitative estimate of drug-likeness (QED) is 0.886. The first-order valence-electron chi connectivity index (χ1n) is 8.48. The van der Waals surface area contributed by atoms with Gasteiger partial charge in [-0.05, 0) is 37.8 Å². The lowest BCUT2D eigenvalue weighted by Gasteiger charge is -2.42. The molecule has 1 amide bonds. The zero-order chi connectivity index (χ0) is 17.4. The SMILES string of the molecule is CO[C@@]12CC[C@H](O)C[C@@H]1N(C(=O)c1ccnc(-n3cnnc3)c1)CC2. The molecule has 2 aromatic heterocycles. The van der Waals surface area contributed by atoms with E-state index in [-0.39, 0.29) is 23.7 Å². The van der Waals surface area contributed by atoms with Gasteiger partial charge in [0.15, 0.2) is 0 Å². The number of pyridine rings is 1. The number of aliphatic hydroxyl groups excluding tert-OH is 1. The van der Waals surface area contributed by atoms with E-state index in [1.165, 1.54) is 0 Å². The number of aromatic nitrogens is 4. The number of amides is 1. The van der Waals surface area contributed by atoms with Crippen LogP contribution >= 0.6 is 0 Å². The summed E-state index contributed by atoms with van der Waals surface area (Å²) in [5.74, 6) is 0.534. The average Bonchev–Trinajstić information content (AvgIpc) is 3.29. The second kappa shape index (κ2) is 6.20. The highest BCUT2D eigenvalue weighted by atomic mass is 16.5. The summed E-state index contributed by atoms with van der Waals surface area (Å²) >= 11 is 0. The molecule has 1 aliphatic heterocycles. The van der Waals surface area contributed by atoms with Crippen LogP contribution < -0.4 is 0 Å². The first-order chi connectivity index (χ1) is 12.1. The maximum atomic E-state index is 13.1. The topological polar surface area (TPSA) is 93.4 Å². The molecule has 132 valence electrons. The van der Waals surface area contributed by atoms with Crippen molar-refractivity contribution in [2.45, 2.75) is 43.4 Å². The maximum absolute atomic E-state index is 13.1. The van der Waals surface area contributed by atoms with E-state index in [4.69, 9.17) is 4.74 Å². The third-order valence-corrected chi connectivity index (χ3v) is 5.50. The van der Waals surface area contributed by atoms with Crippen LogP contribution in [-0.2, 0) is 4.74 Å². The molecule has 4 rings (SSSR count). The van der Waals surface area contributed by atoms with Crippen molar-refractivity contribution >= 4 is 5.91 Å². The summed E-state index contributed by atoms with van der Waals surface area (Å²) < 4.78 is 7.47. The molecule has 0 aromatic carbocycles. The van der Waals surface area contributed by atoms with Crippen molar-refractivity contribution in [1.82, 2.24) is 24.6 Å². The number of carbonyl (C=O) groups excluding carboxylic acids is 1. The van der Waals surface area contributed by atoms with E-state index in [0.29, 0.717) is 24.3 Å². The number of methoxy groups -OCH3 is 1. The number of nitrogens with zero attached hydrogens (tertiary/aromatic N) is 5. The van der Waals surface area contributed by atoms with E-state index < -0.39 is 0 Å². The van der Waals surface area contributed by atoms with Crippen molar-refractivity contribution in [3.8, 4) is 5.82 Å². The Morgan fingerprint density at radius 3 is 2.92 bits per heavy atom. The molecule has 0 bridgehead atoms. The van der Waals surface area contributed by atoms with Crippen molar-refractivity contribution in [2.75, 3.05) is 13.7 Å². The van der Waals surface area contributed by atoms with Gasteiger partial charge in [0, 0.05) is 25.4 Å². The Balaban J connectivity index is 1.62. The van der Waals surface area contributed by atoms with Gasteiger partial charge in [0.1, 0.15) is 18.5 Å². The molecule has 0 spiro atoms. The molecule has 3 heterocycles. The van der Waals surface area contributed by atoms with Crippen molar-refractivity contribution in [3.05, 3.63) is 36.5 Å². The molecule has 2 fully saturated rings. The van der Waals surface area contributed by atoms with E-state index >= 15 is 0 Å². The standard InChI is InChI=1S/C17H21N5O3/c1-25-17-4-2-13(23)9-14(17)22(7-5-17)16(24)12-3-6-18-15(8-12)21-10-19-20-11-21/h3,6,8,10-11,13-14,23H,2,4-5,7,9H2,1H3/t13-,14-,17+/m0/s1. The predicted octanol–water partition coefficient (Wildman–Crippen LogP) is 0.807. The van der Waals surface area contributed by atoms with Crippen LogP contribution in [0.15, 0.2) is 31.0 Å². The fourth-order valence-corrected chi connectivity index (χ4v) is 4.10. The van der Waals surface area contributed by atoms with Crippen LogP contribution in [-0.4, -0.2) is 67.1 Å². The Morgan fingerprint density at radius 2 is 2.16 bits per heavy atom. The molecular weight excluding hydrogens is 322 g/mol. The van der Waals surface area contributed by atoms with Gasteiger partial charge in [0.2, 0.25) is 0 Å². The van der Waals surface area contributed by atoms with E-state index in [1.54, 1.807) is 42.7 Å². The molecule has 25 heavy (non-hydrogen) atoms. The van der Waals surface area contributed by atoms with Crippen LogP contribution in [0.4, 0.5) is 0 Å². The number of fused-ring (bicyclic) bond motifs is 1. The Hall–Kier alpha value is -2.32. The summed E-state index contributed by atoms with van der Waals surface area (Å²) in [7, 11) is 1.70. The van der Waals surface area contributed by atoms with Crippen molar-refractivity contribution in [2.24, 2.45) is 0 Å². The zero-order valence-corrected chi connectivity index (χ0v) is 14.1. The van der Waals surface area contributed by atoms with Gasteiger partial charge < -0.3 is 14.7 Å². The van der Waals surface area contributed by atoms with Crippen LogP contribution in [0.5, 0.6) is 0 Å².